The van der Waals surface area contributed by atoms with Crippen molar-refractivity contribution in [3.05, 3.63) is 29.3 Å². The van der Waals surface area contributed by atoms with Gasteiger partial charge in [0, 0.05) is 18.7 Å². The molecule has 0 spiro atoms. The summed E-state index contributed by atoms with van der Waals surface area (Å²) in [6, 6.07) is 6.13. The molecule has 0 fully saturated rings. The summed E-state index contributed by atoms with van der Waals surface area (Å²) in [6.07, 6.45) is 6.41. The number of rotatable bonds is 8. The van der Waals surface area contributed by atoms with Gasteiger partial charge in [0.2, 0.25) is 5.91 Å². The monoisotopic (exact) mass is 304 g/mol. The van der Waals surface area contributed by atoms with Crippen molar-refractivity contribution in [2.75, 3.05) is 5.32 Å². The van der Waals surface area contributed by atoms with E-state index in [1.165, 1.54) is 19.3 Å². The van der Waals surface area contributed by atoms with Gasteiger partial charge < -0.3 is 11.1 Å². The van der Waals surface area contributed by atoms with Crippen molar-refractivity contribution < 1.29 is 4.79 Å². The fourth-order valence-electron chi connectivity index (χ4n) is 2.58. The Kier molecular flexibility index (Phi) is 7.60. The first kappa shape index (κ1) is 18.7. The second-order valence-electron chi connectivity index (χ2n) is 7.05. The average molecular weight is 304 g/mol. The third-order valence-electron chi connectivity index (χ3n) is 3.91. The number of nitrogens with two attached hydrogens (primary N) is 1. The molecule has 3 nitrogen and oxygen atoms in total. The van der Waals surface area contributed by atoms with Crippen LogP contribution in [0.2, 0.25) is 0 Å². The van der Waals surface area contributed by atoms with Gasteiger partial charge >= 0.3 is 0 Å². The maximum atomic E-state index is 12.2. The molecule has 0 aromatic heterocycles. The molecule has 3 heteroatoms. The molecule has 0 aliphatic heterocycles. The minimum atomic E-state index is -0.00311. The van der Waals surface area contributed by atoms with Gasteiger partial charge in [-0.3, -0.25) is 4.79 Å². The van der Waals surface area contributed by atoms with E-state index in [9.17, 15) is 4.79 Å². The Labute approximate surface area is 135 Å². The number of amides is 1. The Balaban J connectivity index is 2.68. The maximum absolute atomic E-state index is 12.2. The highest BCUT2D eigenvalue weighted by Crippen LogP contribution is 2.30. The quantitative estimate of drug-likeness (QED) is 0.681. The van der Waals surface area contributed by atoms with Crippen LogP contribution in [0.25, 0.3) is 0 Å². The molecule has 0 aliphatic carbocycles. The Morgan fingerprint density at radius 1 is 1.14 bits per heavy atom. The fraction of sp³-hybridized carbons (Fsp3) is 0.632. The molecule has 1 amide bonds. The van der Waals surface area contributed by atoms with Crippen LogP contribution in [0.15, 0.2) is 18.2 Å². The van der Waals surface area contributed by atoms with Gasteiger partial charge in [-0.25, -0.2) is 0 Å². The molecule has 1 aromatic carbocycles. The van der Waals surface area contributed by atoms with Crippen molar-refractivity contribution in [2.45, 2.75) is 78.2 Å². The molecule has 0 heterocycles. The van der Waals surface area contributed by atoms with Gasteiger partial charge in [0.1, 0.15) is 0 Å². The summed E-state index contributed by atoms with van der Waals surface area (Å²) in [5.74, 6) is 0.108. The molecule has 0 radical (unpaired) electrons. The number of carbonyl (C=O) groups excluding carboxylic acids is 1. The predicted molar refractivity (Wildman–Crippen MR) is 95.0 cm³/mol. The zero-order chi connectivity index (χ0) is 16.6. The molecule has 0 aliphatic rings. The second-order valence-corrected chi connectivity index (χ2v) is 7.05. The van der Waals surface area contributed by atoms with E-state index in [0.717, 1.165) is 29.7 Å². The minimum Gasteiger partial charge on any atom is -0.326 e. The first-order chi connectivity index (χ1) is 10.4. The van der Waals surface area contributed by atoms with Gasteiger partial charge in [-0.1, -0.05) is 65.5 Å². The van der Waals surface area contributed by atoms with Crippen LogP contribution in [0, 0.1) is 0 Å². The molecule has 0 unspecified atom stereocenters. The molecular weight excluding hydrogens is 272 g/mol. The average Bonchev–Trinajstić information content (AvgIpc) is 2.45. The van der Waals surface area contributed by atoms with Crippen LogP contribution in [0.3, 0.4) is 0 Å². The number of hydrogen-bond acceptors (Lipinski definition) is 2. The van der Waals surface area contributed by atoms with E-state index in [1.807, 2.05) is 12.1 Å². The molecular formula is C19H32N2O. The Morgan fingerprint density at radius 2 is 1.82 bits per heavy atom. The van der Waals surface area contributed by atoms with Crippen molar-refractivity contribution in [2.24, 2.45) is 5.73 Å². The molecule has 0 bridgehead atoms. The lowest BCUT2D eigenvalue weighted by Crippen LogP contribution is -2.19. The molecule has 1 rings (SSSR count). The largest absolute Gasteiger partial charge is 0.326 e. The van der Waals surface area contributed by atoms with E-state index in [-0.39, 0.29) is 11.3 Å². The zero-order valence-corrected chi connectivity index (χ0v) is 14.7. The van der Waals surface area contributed by atoms with Gasteiger partial charge in [-0.05, 0) is 29.0 Å². The molecule has 1 aromatic rings. The van der Waals surface area contributed by atoms with Crippen molar-refractivity contribution >= 4 is 11.6 Å². The first-order valence-electron chi connectivity index (χ1n) is 8.51. The molecule has 3 N–H and O–H groups in total. The van der Waals surface area contributed by atoms with Gasteiger partial charge in [0.25, 0.3) is 0 Å². The number of hydrogen-bond donors (Lipinski definition) is 2. The van der Waals surface area contributed by atoms with Crippen molar-refractivity contribution in [1.29, 1.82) is 0 Å². The lowest BCUT2D eigenvalue weighted by Gasteiger charge is -2.24. The van der Waals surface area contributed by atoms with Gasteiger partial charge in [-0.15, -0.1) is 0 Å². The van der Waals surface area contributed by atoms with Crippen LogP contribution in [-0.2, 0) is 16.8 Å². The topological polar surface area (TPSA) is 55.1 Å². The summed E-state index contributed by atoms with van der Waals surface area (Å²) >= 11 is 0. The van der Waals surface area contributed by atoms with E-state index >= 15 is 0 Å². The van der Waals surface area contributed by atoms with Crippen LogP contribution in [0.4, 0.5) is 5.69 Å². The molecule has 0 saturated carbocycles. The van der Waals surface area contributed by atoms with Crippen LogP contribution < -0.4 is 11.1 Å². The lowest BCUT2D eigenvalue weighted by molar-refractivity contribution is -0.116. The maximum Gasteiger partial charge on any atom is 0.224 e. The summed E-state index contributed by atoms with van der Waals surface area (Å²) in [6.45, 7) is 9.16. The summed E-state index contributed by atoms with van der Waals surface area (Å²) in [5.41, 5.74) is 8.83. The molecule has 22 heavy (non-hydrogen) atoms. The first-order valence-corrected chi connectivity index (χ1v) is 8.51. The number of anilines is 1. The molecule has 0 atom stereocenters. The molecule has 0 saturated heterocycles. The normalized spacial score (nSPS) is 11.5. The van der Waals surface area contributed by atoms with Crippen molar-refractivity contribution in [1.82, 2.24) is 0 Å². The predicted octanol–water partition coefficient (Wildman–Crippen LogP) is 4.74. The van der Waals surface area contributed by atoms with Crippen LogP contribution >= 0.6 is 0 Å². The summed E-state index contributed by atoms with van der Waals surface area (Å²) in [4.78, 5) is 12.2. The van der Waals surface area contributed by atoms with Crippen molar-refractivity contribution in [3.63, 3.8) is 0 Å². The van der Waals surface area contributed by atoms with Crippen LogP contribution in [0.5, 0.6) is 0 Å². The van der Waals surface area contributed by atoms with E-state index in [2.05, 4.69) is 39.1 Å². The van der Waals surface area contributed by atoms with E-state index < -0.39 is 0 Å². The third kappa shape index (κ3) is 6.18. The summed E-state index contributed by atoms with van der Waals surface area (Å²) < 4.78 is 0. The summed E-state index contributed by atoms with van der Waals surface area (Å²) in [5, 5.41) is 3.09. The standard InChI is InChI=1S/C19H32N2O/c1-5-6-7-8-9-10-18(22)21-17-13-15(14-20)11-12-16(17)19(2,3)4/h11-13H,5-10,14,20H2,1-4H3,(H,21,22). The Hall–Kier alpha value is -1.35. The van der Waals surface area contributed by atoms with E-state index in [4.69, 9.17) is 5.73 Å². The number of carbonyl (C=O) groups is 1. The van der Waals surface area contributed by atoms with Crippen LogP contribution in [-0.4, -0.2) is 5.91 Å². The van der Waals surface area contributed by atoms with Gasteiger partial charge in [-0.2, -0.15) is 0 Å². The lowest BCUT2D eigenvalue weighted by atomic mass is 9.85. The van der Waals surface area contributed by atoms with Crippen molar-refractivity contribution in [3.8, 4) is 0 Å². The van der Waals surface area contributed by atoms with E-state index in [1.54, 1.807) is 0 Å². The zero-order valence-electron chi connectivity index (χ0n) is 14.7. The van der Waals surface area contributed by atoms with Gasteiger partial charge in [0.15, 0.2) is 0 Å². The highest BCUT2D eigenvalue weighted by atomic mass is 16.1. The highest BCUT2D eigenvalue weighted by Gasteiger charge is 2.19. The Morgan fingerprint density at radius 3 is 2.41 bits per heavy atom. The van der Waals surface area contributed by atoms with Gasteiger partial charge in [0.05, 0.1) is 0 Å². The highest BCUT2D eigenvalue weighted by molar-refractivity contribution is 5.91. The number of unbranched alkanes of at least 4 members (excludes halogenated alkanes) is 4. The number of benzene rings is 1. The second kappa shape index (κ2) is 8.94. The number of nitrogens with one attached hydrogen (secondary N) is 1. The van der Waals surface area contributed by atoms with E-state index in [0.29, 0.717) is 13.0 Å². The summed E-state index contributed by atoms with van der Waals surface area (Å²) in [7, 11) is 0. The fourth-order valence-corrected chi connectivity index (χ4v) is 2.58. The third-order valence-corrected chi connectivity index (χ3v) is 3.91. The van der Waals surface area contributed by atoms with Crippen LogP contribution in [0.1, 0.15) is 77.3 Å². The Bertz CT molecular complexity index is 475. The minimum absolute atomic E-state index is 0.00311. The smallest absolute Gasteiger partial charge is 0.224 e. The molecule has 124 valence electrons. The SMILES string of the molecule is CCCCCCCC(=O)Nc1cc(CN)ccc1C(C)(C)C.